The molecule has 1 unspecified atom stereocenters. The van der Waals surface area contributed by atoms with Gasteiger partial charge in [-0.05, 0) is 99.2 Å². The van der Waals surface area contributed by atoms with Crippen molar-refractivity contribution in [3.05, 3.63) is 65.2 Å². The van der Waals surface area contributed by atoms with Crippen molar-refractivity contribution in [1.82, 2.24) is 4.90 Å². The number of hydrogen-bond acceptors (Lipinski definition) is 4. The molecule has 33 heavy (non-hydrogen) atoms. The van der Waals surface area contributed by atoms with Crippen LogP contribution >= 0.6 is 11.3 Å². The molecule has 1 atom stereocenters. The van der Waals surface area contributed by atoms with Gasteiger partial charge in [0.2, 0.25) is 0 Å². The number of nitrogens with zero attached hydrogens (tertiary/aromatic N) is 1. The predicted molar refractivity (Wildman–Crippen MR) is 142 cm³/mol. The van der Waals surface area contributed by atoms with Gasteiger partial charge >= 0.3 is 0 Å². The summed E-state index contributed by atoms with van der Waals surface area (Å²) in [5, 5.41) is 2.16. The van der Waals surface area contributed by atoms with Crippen molar-refractivity contribution >= 4 is 32.2 Å². The molecule has 4 heteroatoms. The van der Waals surface area contributed by atoms with Crippen LogP contribution in [0.4, 0.5) is 5.00 Å². The van der Waals surface area contributed by atoms with E-state index in [1.165, 1.54) is 34.1 Å². The average Bonchev–Trinajstić information content (AvgIpc) is 3.17. The van der Waals surface area contributed by atoms with Gasteiger partial charge in [0.15, 0.2) is 5.78 Å². The van der Waals surface area contributed by atoms with Crippen LogP contribution in [0.2, 0.25) is 0 Å². The number of piperidine rings is 1. The van der Waals surface area contributed by atoms with Crippen molar-refractivity contribution in [2.75, 3.05) is 18.8 Å². The second kappa shape index (κ2) is 11.3. The Morgan fingerprint density at radius 3 is 2.61 bits per heavy atom. The molecule has 1 fully saturated rings. The second-order valence-electron chi connectivity index (χ2n) is 9.65. The van der Waals surface area contributed by atoms with E-state index in [4.69, 9.17) is 5.73 Å². The number of aryl methyl sites for hydroxylation is 1. The first-order valence-corrected chi connectivity index (χ1v) is 13.5. The van der Waals surface area contributed by atoms with Gasteiger partial charge in [-0.15, -0.1) is 11.3 Å². The minimum Gasteiger partial charge on any atom is -0.390 e. The fourth-order valence-electron chi connectivity index (χ4n) is 5.36. The fourth-order valence-corrected chi connectivity index (χ4v) is 6.40. The van der Waals surface area contributed by atoms with Gasteiger partial charge < -0.3 is 10.6 Å². The lowest BCUT2D eigenvalue weighted by Crippen LogP contribution is -2.39. The molecule has 0 radical (unpaired) electrons. The number of ketones is 1. The van der Waals surface area contributed by atoms with E-state index in [2.05, 4.69) is 55.1 Å². The molecule has 176 valence electrons. The zero-order chi connectivity index (χ0) is 23.2. The van der Waals surface area contributed by atoms with Crippen LogP contribution in [-0.2, 0) is 6.42 Å². The zero-order valence-corrected chi connectivity index (χ0v) is 21.0. The summed E-state index contributed by atoms with van der Waals surface area (Å²) in [6.07, 6.45) is 8.44. The highest BCUT2D eigenvalue weighted by Gasteiger charge is 2.27. The number of rotatable bonds is 10. The number of thiophene rings is 1. The van der Waals surface area contributed by atoms with E-state index in [-0.39, 0.29) is 5.78 Å². The molecule has 1 aliphatic heterocycles. The number of fused-ring (bicyclic) bond motifs is 1. The summed E-state index contributed by atoms with van der Waals surface area (Å²) in [4.78, 5) is 15.6. The highest BCUT2D eigenvalue weighted by molar-refractivity contribution is 7.22. The predicted octanol–water partition coefficient (Wildman–Crippen LogP) is 7.45. The topological polar surface area (TPSA) is 46.3 Å². The molecular formula is C29H38N2OS. The maximum atomic E-state index is 12.9. The molecule has 0 spiro atoms. The van der Waals surface area contributed by atoms with Gasteiger partial charge in [0, 0.05) is 22.7 Å². The first-order valence-electron chi connectivity index (χ1n) is 12.7. The van der Waals surface area contributed by atoms with E-state index in [0.29, 0.717) is 18.4 Å². The van der Waals surface area contributed by atoms with Gasteiger partial charge in [-0.2, -0.15) is 0 Å². The number of Topliss-reactive ketones (excluding diaryl/α,β-unsaturated/α-hetero) is 1. The monoisotopic (exact) mass is 462 g/mol. The number of nitrogens with two attached hydrogens (primary N) is 1. The minimum atomic E-state index is 0.254. The largest absolute Gasteiger partial charge is 0.390 e. The third kappa shape index (κ3) is 5.85. The zero-order valence-electron chi connectivity index (χ0n) is 20.2. The number of carbonyl (C=O) groups excluding carboxylic acids is 1. The van der Waals surface area contributed by atoms with Crippen LogP contribution < -0.4 is 5.73 Å². The highest BCUT2D eigenvalue weighted by atomic mass is 32.1. The molecule has 1 saturated heterocycles. The smallest absolute Gasteiger partial charge is 0.162 e. The summed E-state index contributed by atoms with van der Waals surface area (Å²) in [6.45, 7) is 6.91. The molecule has 0 saturated carbocycles. The molecule has 0 bridgehead atoms. The Morgan fingerprint density at radius 1 is 1.12 bits per heavy atom. The molecule has 2 heterocycles. The Hall–Kier alpha value is -2.17. The number of nitrogen functional groups attached to an aromatic ring is 1. The Labute approximate surface area is 203 Å². The Balaban J connectivity index is 1.40. The summed E-state index contributed by atoms with van der Waals surface area (Å²) in [6, 6.07) is 17.4. The van der Waals surface area contributed by atoms with Gasteiger partial charge in [-0.25, -0.2) is 0 Å². The number of carbonyl (C=O) groups is 1. The standard InChI is InChI=1S/C29H38N2OS/c1-3-9-21(2)31-18-16-23(17-19-31)28-25-20-24(14-15-27(25)33-29(28)30)26(32)13-8-7-12-22-10-5-4-6-11-22/h4-6,10-11,14-15,20-21,23H,3,7-9,12-13,16-19,30H2,1-2H3. The minimum absolute atomic E-state index is 0.254. The van der Waals surface area contributed by atoms with Crippen LogP contribution in [0.1, 0.15) is 86.2 Å². The lowest BCUT2D eigenvalue weighted by atomic mass is 9.87. The molecule has 3 nitrogen and oxygen atoms in total. The summed E-state index contributed by atoms with van der Waals surface area (Å²) in [5.74, 6) is 0.754. The SMILES string of the molecule is CCCC(C)N1CCC(c2c(N)sc3ccc(C(=O)CCCCc4ccccc4)cc23)CC1. The van der Waals surface area contributed by atoms with Crippen molar-refractivity contribution in [3.63, 3.8) is 0 Å². The van der Waals surface area contributed by atoms with Crippen molar-refractivity contribution in [1.29, 1.82) is 0 Å². The summed E-state index contributed by atoms with van der Waals surface area (Å²) in [5.41, 5.74) is 10.0. The van der Waals surface area contributed by atoms with Crippen LogP contribution in [0.15, 0.2) is 48.5 Å². The highest BCUT2D eigenvalue weighted by Crippen LogP contribution is 2.43. The average molecular weight is 463 g/mol. The van der Waals surface area contributed by atoms with E-state index in [1.807, 2.05) is 12.1 Å². The Morgan fingerprint density at radius 2 is 1.88 bits per heavy atom. The number of unbranched alkanes of at least 4 members (excludes halogenated alkanes) is 1. The quantitative estimate of drug-likeness (QED) is 0.251. The third-order valence-corrected chi connectivity index (χ3v) is 8.32. The second-order valence-corrected chi connectivity index (χ2v) is 10.7. The third-order valence-electron chi connectivity index (χ3n) is 7.31. The number of likely N-dealkylation sites (tertiary alicyclic amines) is 1. The molecule has 1 aromatic heterocycles. The normalized spacial score (nSPS) is 16.3. The van der Waals surface area contributed by atoms with Crippen LogP contribution in [-0.4, -0.2) is 29.8 Å². The van der Waals surface area contributed by atoms with Crippen molar-refractivity contribution in [2.45, 2.75) is 77.2 Å². The molecule has 3 aromatic rings. The molecule has 4 rings (SSSR count). The van der Waals surface area contributed by atoms with E-state index in [1.54, 1.807) is 11.3 Å². The summed E-state index contributed by atoms with van der Waals surface area (Å²) < 4.78 is 1.21. The Bertz CT molecular complexity index is 1050. The molecule has 0 aliphatic carbocycles. The lowest BCUT2D eigenvalue weighted by Gasteiger charge is -2.36. The molecule has 0 amide bonds. The van der Waals surface area contributed by atoms with Crippen molar-refractivity contribution in [3.8, 4) is 0 Å². The van der Waals surface area contributed by atoms with Gasteiger partial charge in [0.1, 0.15) is 0 Å². The van der Waals surface area contributed by atoms with Crippen LogP contribution in [0.3, 0.4) is 0 Å². The van der Waals surface area contributed by atoms with Crippen LogP contribution in [0.25, 0.3) is 10.1 Å². The van der Waals surface area contributed by atoms with Gasteiger partial charge in [0.25, 0.3) is 0 Å². The summed E-state index contributed by atoms with van der Waals surface area (Å²) >= 11 is 1.68. The number of hydrogen-bond donors (Lipinski definition) is 1. The first kappa shape index (κ1) is 24.0. The number of anilines is 1. The maximum absolute atomic E-state index is 12.9. The van der Waals surface area contributed by atoms with Crippen LogP contribution in [0.5, 0.6) is 0 Å². The molecule has 2 aromatic carbocycles. The fraction of sp³-hybridized carbons (Fsp3) is 0.483. The molecule has 1 aliphatic rings. The number of benzene rings is 2. The van der Waals surface area contributed by atoms with Gasteiger partial charge in [-0.1, -0.05) is 43.7 Å². The lowest BCUT2D eigenvalue weighted by molar-refractivity contribution is 0.0979. The van der Waals surface area contributed by atoms with E-state index < -0.39 is 0 Å². The Kier molecular flexibility index (Phi) is 8.21. The van der Waals surface area contributed by atoms with Crippen LogP contribution in [0, 0.1) is 0 Å². The summed E-state index contributed by atoms with van der Waals surface area (Å²) in [7, 11) is 0. The first-order chi connectivity index (χ1) is 16.1. The van der Waals surface area contributed by atoms with Crippen molar-refractivity contribution < 1.29 is 4.79 Å². The van der Waals surface area contributed by atoms with Crippen molar-refractivity contribution in [2.24, 2.45) is 0 Å². The van der Waals surface area contributed by atoms with Gasteiger partial charge in [0.05, 0.1) is 5.00 Å². The molecule has 2 N–H and O–H groups in total. The van der Waals surface area contributed by atoms with Gasteiger partial charge in [-0.3, -0.25) is 4.79 Å². The molecular weight excluding hydrogens is 424 g/mol. The van der Waals surface area contributed by atoms with E-state index in [0.717, 1.165) is 55.8 Å². The van der Waals surface area contributed by atoms with E-state index >= 15 is 0 Å². The van der Waals surface area contributed by atoms with E-state index in [9.17, 15) is 4.79 Å². The maximum Gasteiger partial charge on any atom is 0.162 e.